The topological polar surface area (TPSA) is 76.6 Å². The maximum absolute atomic E-state index is 12.1. The molecule has 1 N–H and O–H groups in total. The van der Waals surface area contributed by atoms with E-state index in [2.05, 4.69) is 15.3 Å². The van der Waals surface area contributed by atoms with E-state index in [9.17, 15) is 4.79 Å². The molecule has 4 rings (SSSR count). The molecule has 2 aromatic heterocycles. The van der Waals surface area contributed by atoms with E-state index in [1.165, 1.54) is 0 Å². The number of hydrogen-bond acceptors (Lipinski definition) is 7. The standard InChI is InChI=1S/C14H16N4O3S/c19-11-5-21-8-14(7-20-3-2-18(11)14)6-15-13-12-10(1-4-22-12)16-9-17-13/h1,4,9H,2-3,5-8H2,(H,15,16,17). The van der Waals surface area contributed by atoms with Crippen LogP contribution in [-0.2, 0) is 14.3 Å². The summed E-state index contributed by atoms with van der Waals surface area (Å²) in [5, 5.41) is 5.35. The Morgan fingerprint density at radius 1 is 1.36 bits per heavy atom. The van der Waals surface area contributed by atoms with Gasteiger partial charge in [0, 0.05) is 13.1 Å². The zero-order chi connectivity index (χ0) is 15.0. The first-order valence-corrected chi connectivity index (χ1v) is 8.05. The van der Waals surface area contributed by atoms with Gasteiger partial charge >= 0.3 is 0 Å². The van der Waals surface area contributed by atoms with Gasteiger partial charge in [0.2, 0.25) is 5.91 Å². The van der Waals surface area contributed by atoms with Crippen LogP contribution in [0.3, 0.4) is 0 Å². The fraction of sp³-hybridized carbons (Fsp3) is 0.500. The molecule has 8 heteroatoms. The van der Waals surface area contributed by atoms with E-state index >= 15 is 0 Å². The normalized spacial score (nSPS) is 25.3. The fourth-order valence-electron chi connectivity index (χ4n) is 3.01. The van der Waals surface area contributed by atoms with Crippen LogP contribution in [0, 0.1) is 0 Å². The van der Waals surface area contributed by atoms with Gasteiger partial charge in [-0.05, 0) is 11.4 Å². The predicted molar refractivity (Wildman–Crippen MR) is 82.0 cm³/mol. The monoisotopic (exact) mass is 320 g/mol. The van der Waals surface area contributed by atoms with E-state index in [4.69, 9.17) is 9.47 Å². The molecule has 7 nitrogen and oxygen atoms in total. The third kappa shape index (κ3) is 2.23. The first-order chi connectivity index (χ1) is 10.8. The molecule has 0 spiro atoms. The summed E-state index contributed by atoms with van der Waals surface area (Å²) in [5.74, 6) is 0.818. The van der Waals surface area contributed by atoms with Crippen molar-refractivity contribution >= 4 is 33.3 Å². The Morgan fingerprint density at radius 3 is 3.23 bits per heavy atom. The minimum atomic E-state index is -0.456. The summed E-state index contributed by atoms with van der Waals surface area (Å²) in [4.78, 5) is 22.6. The Hall–Kier alpha value is -1.77. The van der Waals surface area contributed by atoms with Gasteiger partial charge in [0.1, 0.15) is 24.3 Å². The smallest absolute Gasteiger partial charge is 0.249 e. The SMILES string of the molecule is O=C1COCC2(CNc3ncnc4ccsc34)COCCN12. The van der Waals surface area contributed by atoms with E-state index in [1.54, 1.807) is 17.7 Å². The highest BCUT2D eigenvalue weighted by Crippen LogP contribution is 2.28. The Morgan fingerprint density at radius 2 is 2.27 bits per heavy atom. The zero-order valence-corrected chi connectivity index (χ0v) is 12.8. The second-order valence-corrected chi connectivity index (χ2v) is 6.44. The average Bonchev–Trinajstić information content (AvgIpc) is 3.02. The van der Waals surface area contributed by atoms with Crippen molar-refractivity contribution in [3.8, 4) is 0 Å². The number of anilines is 1. The van der Waals surface area contributed by atoms with Crippen molar-refractivity contribution in [3.63, 3.8) is 0 Å². The quantitative estimate of drug-likeness (QED) is 0.898. The number of ether oxygens (including phenoxy) is 2. The highest BCUT2D eigenvalue weighted by Gasteiger charge is 2.45. The van der Waals surface area contributed by atoms with Crippen molar-refractivity contribution < 1.29 is 14.3 Å². The van der Waals surface area contributed by atoms with Gasteiger partial charge in [0.15, 0.2) is 0 Å². The van der Waals surface area contributed by atoms with E-state index < -0.39 is 5.54 Å². The Kier molecular flexibility index (Phi) is 3.44. The zero-order valence-electron chi connectivity index (χ0n) is 11.9. The molecule has 2 aliphatic rings. The summed E-state index contributed by atoms with van der Waals surface area (Å²) in [6, 6.07) is 1.97. The molecule has 1 unspecified atom stereocenters. The number of thiophene rings is 1. The van der Waals surface area contributed by atoms with Crippen molar-refractivity contribution in [1.82, 2.24) is 14.9 Å². The molecule has 2 fully saturated rings. The fourth-order valence-corrected chi connectivity index (χ4v) is 3.82. The lowest BCUT2D eigenvalue weighted by atomic mass is 9.96. The van der Waals surface area contributed by atoms with Gasteiger partial charge in [0.25, 0.3) is 0 Å². The van der Waals surface area contributed by atoms with Gasteiger partial charge in [-0.1, -0.05) is 0 Å². The molecule has 1 amide bonds. The van der Waals surface area contributed by atoms with E-state index in [0.717, 1.165) is 16.0 Å². The van der Waals surface area contributed by atoms with E-state index in [0.29, 0.717) is 32.9 Å². The highest BCUT2D eigenvalue weighted by molar-refractivity contribution is 7.17. The maximum atomic E-state index is 12.1. The molecule has 0 bridgehead atoms. The summed E-state index contributed by atoms with van der Waals surface area (Å²) in [7, 11) is 0. The lowest BCUT2D eigenvalue weighted by Crippen LogP contribution is -2.68. The lowest BCUT2D eigenvalue weighted by Gasteiger charge is -2.49. The van der Waals surface area contributed by atoms with E-state index in [-0.39, 0.29) is 12.5 Å². The molecule has 22 heavy (non-hydrogen) atoms. The predicted octanol–water partition coefficient (Wildman–Crippen LogP) is 0.731. The van der Waals surface area contributed by atoms with Crippen molar-refractivity contribution in [2.45, 2.75) is 5.54 Å². The number of carbonyl (C=O) groups excluding carboxylic acids is 1. The molecular formula is C14H16N4O3S. The van der Waals surface area contributed by atoms with Crippen molar-refractivity contribution in [3.05, 3.63) is 17.8 Å². The van der Waals surface area contributed by atoms with Gasteiger partial charge in [0.05, 0.1) is 30.0 Å². The molecule has 0 aliphatic carbocycles. The first-order valence-electron chi connectivity index (χ1n) is 7.17. The van der Waals surface area contributed by atoms with Crippen LogP contribution in [0.2, 0.25) is 0 Å². The van der Waals surface area contributed by atoms with Crippen LogP contribution in [0.5, 0.6) is 0 Å². The molecule has 2 saturated heterocycles. The number of nitrogens with zero attached hydrogens (tertiary/aromatic N) is 3. The molecular weight excluding hydrogens is 304 g/mol. The molecule has 1 atom stereocenters. The summed E-state index contributed by atoms with van der Waals surface area (Å²) >= 11 is 1.60. The lowest BCUT2D eigenvalue weighted by molar-refractivity contribution is -0.174. The molecule has 2 aliphatic heterocycles. The van der Waals surface area contributed by atoms with Crippen molar-refractivity contribution in [2.24, 2.45) is 0 Å². The maximum Gasteiger partial charge on any atom is 0.249 e. The van der Waals surface area contributed by atoms with Crippen LogP contribution in [-0.4, -0.2) is 65.8 Å². The number of fused-ring (bicyclic) bond motifs is 2. The molecule has 116 valence electrons. The van der Waals surface area contributed by atoms with Gasteiger partial charge in [-0.3, -0.25) is 4.79 Å². The van der Waals surface area contributed by atoms with Gasteiger partial charge in [-0.2, -0.15) is 0 Å². The van der Waals surface area contributed by atoms with Crippen molar-refractivity contribution in [2.75, 3.05) is 44.8 Å². The number of morpholine rings is 2. The van der Waals surface area contributed by atoms with Gasteiger partial charge in [-0.25, -0.2) is 9.97 Å². The number of hydrogen-bond donors (Lipinski definition) is 1. The molecule has 0 aromatic carbocycles. The van der Waals surface area contributed by atoms with Crippen LogP contribution in [0.4, 0.5) is 5.82 Å². The minimum Gasteiger partial charge on any atom is -0.377 e. The molecule has 4 heterocycles. The third-order valence-corrected chi connectivity index (χ3v) is 5.04. The molecule has 0 radical (unpaired) electrons. The average molecular weight is 320 g/mol. The van der Waals surface area contributed by atoms with Gasteiger partial charge < -0.3 is 19.7 Å². The number of nitrogens with one attached hydrogen (secondary N) is 1. The summed E-state index contributed by atoms with van der Waals surface area (Å²) in [5.41, 5.74) is 0.468. The minimum absolute atomic E-state index is 0.0281. The Balaban J connectivity index is 1.58. The summed E-state index contributed by atoms with van der Waals surface area (Å²) < 4.78 is 12.1. The van der Waals surface area contributed by atoms with Crippen LogP contribution in [0.25, 0.3) is 10.2 Å². The van der Waals surface area contributed by atoms with Crippen molar-refractivity contribution in [1.29, 1.82) is 0 Å². The number of carbonyl (C=O) groups is 1. The van der Waals surface area contributed by atoms with Crippen LogP contribution < -0.4 is 5.32 Å². The second-order valence-electron chi connectivity index (χ2n) is 5.53. The second kappa shape index (κ2) is 5.45. The largest absolute Gasteiger partial charge is 0.377 e. The van der Waals surface area contributed by atoms with E-state index in [1.807, 2.05) is 16.3 Å². The van der Waals surface area contributed by atoms with Gasteiger partial charge in [-0.15, -0.1) is 11.3 Å². The van der Waals surface area contributed by atoms with Crippen LogP contribution in [0.15, 0.2) is 17.8 Å². The Labute approximate surface area is 131 Å². The third-order valence-electron chi connectivity index (χ3n) is 4.13. The van der Waals surface area contributed by atoms with Crippen LogP contribution >= 0.6 is 11.3 Å². The summed E-state index contributed by atoms with van der Waals surface area (Å²) in [6.45, 7) is 2.85. The number of amides is 1. The Bertz CT molecular complexity index is 702. The highest BCUT2D eigenvalue weighted by atomic mass is 32.1. The van der Waals surface area contributed by atoms with Crippen LogP contribution in [0.1, 0.15) is 0 Å². The number of rotatable bonds is 3. The number of aromatic nitrogens is 2. The molecule has 2 aromatic rings. The summed E-state index contributed by atoms with van der Waals surface area (Å²) in [6.07, 6.45) is 1.55. The molecule has 0 saturated carbocycles. The first kappa shape index (κ1) is 13.9.